The number of ether oxygens (including phenoxy) is 10. The van der Waals surface area contributed by atoms with Crippen LogP contribution in [0.1, 0.15) is 107 Å². The van der Waals surface area contributed by atoms with Crippen LogP contribution < -0.4 is 0 Å². The number of hydrogen-bond donors (Lipinski definition) is 14. The molecule has 27 nitrogen and oxygen atoms in total. The normalized spacial score (nSPS) is 51.2. The molecule has 0 aromatic carbocycles. The Morgan fingerprint density at radius 1 is 0.674 bits per heavy atom. The van der Waals surface area contributed by atoms with Crippen LogP contribution in [-0.4, -0.2) is 257 Å². The zero-order valence-corrected chi connectivity index (χ0v) is 50.1. The van der Waals surface area contributed by atoms with Gasteiger partial charge in [0.05, 0.1) is 44.1 Å². The zero-order chi connectivity index (χ0) is 63.3. The molecule has 4 saturated carbocycles. The third kappa shape index (κ3) is 11.1. The van der Waals surface area contributed by atoms with E-state index in [4.69, 9.17) is 47.4 Å². The number of esters is 2. The Labute approximate surface area is 498 Å². The van der Waals surface area contributed by atoms with E-state index in [0.29, 0.717) is 37.7 Å². The molecule has 4 heterocycles. The van der Waals surface area contributed by atoms with Gasteiger partial charge in [-0.3, -0.25) is 4.79 Å². The fourth-order valence-electron chi connectivity index (χ4n) is 17.0. The lowest BCUT2D eigenvalue weighted by Crippen LogP contribution is -2.72. The summed E-state index contributed by atoms with van der Waals surface area (Å²) in [5, 5.41) is 157. The Kier molecular flexibility index (Phi) is 19.5. The van der Waals surface area contributed by atoms with Gasteiger partial charge >= 0.3 is 17.9 Å². The molecular weight excluding hydrogens is 1140 g/mol. The number of carbonyl (C=O) groups excluding carboxylic acids is 2. The highest BCUT2D eigenvalue weighted by Gasteiger charge is 2.74. The number of carboxylic acids is 1. The molecule has 4 saturated heterocycles. The highest BCUT2D eigenvalue weighted by atomic mass is 16.8. The van der Waals surface area contributed by atoms with Crippen LogP contribution in [0.2, 0.25) is 0 Å². The highest BCUT2D eigenvalue weighted by molar-refractivity contribution is 5.87. The van der Waals surface area contributed by atoms with Crippen molar-refractivity contribution in [1.82, 2.24) is 0 Å². The molecule has 0 radical (unpaired) electrons. The lowest BCUT2D eigenvalue weighted by molar-refractivity contribution is -0.400. The van der Waals surface area contributed by atoms with Crippen LogP contribution in [0.4, 0.5) is 0 Å². The molecule has 9 aliphatic rings. The smallest absolute Gasteiger partial charge is 0.335 e. The van der Waals surface area contributed by atoms with Crippen molar-refractivity contribution in [3.63, 3.8) is 0 Å². The molecule has 490 valence electrons. The van der Waals surface area contributed by atoms with E-state index in [1.165, 1.54) is 6.92 Å². The first-order valence-electron chi connectivity index (χ1n) is 30.0. The van der Waals surface area contributed by atoms with Gasteiger partial charge in [0.25, 0.3) is 0 Å². The third-order valence-electron chi connectivity index (χ3n) is 22.4. The van der Waals surface area contributed by atoms with E-state index in [2.05, 4.69) is 26.8 Å². The second-order valence-corrected chi connectivity index (χ2v) is 27.5. The van der Waals surface area contributed by atoms with Crippen molar-refractivity contribution in [3.8, 4) is 0 Å². The average Bonchev–Trinajstić information content (AvgIpc) is 0.672. The van der Waals surface area contributed by atoms with Gasteiger partial charge in [0.15, 0.2) is 31.3 Å². The lowest BCUT2D eigenvalue weighted by Gasteiger charge is -2.72. The van der Waals surface area contributed by atoms with Gasteiger partial charge in [-0.15, -0.1) is 0 Å². The summed E-state index contributed by atoms with van der Waals surface area (Å²) < 4.78 is 60.2. The first-order valence-corrected chi connectivity index (χ1v) is 30.0. The van der Waals surface area contributed by atoms with Crippen molar-refractivity contribution >= 4 is 17.9 Å². The van der Waals surface area contributed by atoms with Gasteiger partial charge in [-0.05, 0) is 92.8 Å². The molecule has 3 unspecified atom stereocenters. The Hall–Kier alpha value is -2.95. The first-order chi connectivity index (χ1) is 40.2. The Balaban J connectivity index is 1.05. The van der Waals surface area contributed by atoms with Crippen LogP contribution in [0, 0.1) is 50.2 Å². The molecule has 86 heavy (non-hydrogen) atoms. The van der Waals surface area contributed by atoms with Crippen molar-refractivity contribution < 1.29 is 133 Å². The van der Waals surface area contributed by atoms with Crippen LogP contribution in [0.15, 0.2) is 23.3 Å². The SMILES string of the molecule is CC=C(C)C(=O)O[C@H]1[C@H](O)[C@@]2(COC(C)=O)C(CC1(C)C)C1=CCC3[C@@]4(C)CC[C@H](O[C@@H]5O[C@H](C(=O)O)[C@@H](O)[C@H](O[C@@H]6OC[C@H](O)[C@H](O)[C@H]6O[C@@H]6OC[C@@H](O)[C@H](O)[C@H]6O)[C@H]5O[C@H]5O[C@H](CO)[C@H](O)[C@H](O)[C@H]5O)[C@@](C)(CO)C4CC[C@@]3(C)[C@]1(C)C[C@H]2O. The summed E-state index contributed by atoms with van der Waals surface area (Å²) in [7, 11) is 0. The van der Waals surface area contributed by atoms with Crippen molar-refractivity contribution in [2.75, 3.05) is 33.0 Å². The molecule has 0 amide bonds. The van der Waals surface area contributed by atoms with Gasteiger partial charge in [0.2, 0.25) is 0 Å². The molecule has 0 bridgehead atoms. The number of fused-ring (bicyclic) bond motifs is 7. The second-order valence-electron chi connectivity index (χ2n) is 27.5. The number of carbonyl (C=O) groups is 3. The lowest BCUT2D eigenvalue weighted by atomic mass is 9.33. The minimum Gasteiger partial charge on any atom is -0.479 e. The summed E-state index contributed by atoms with van der Waals surface area (Å²) in [5.74, 6) is -3.96. The van der Waals surface area contributed by atoms with E-state index < -0.39 is 218 Å². The van der Waals surface area contributed by atoms with Gasteiger partial charge in [-0.2, -0.15) is 0 Å². The number of rotatable bonds is 15. The quantitative estimate of drug-likeness (QED) is 0.0357. The Morgan fingerprint density at radius 2 is 1.30 bits per heavy atom. The summed E-state index contributed by atoms with van der Waals surface area (Å²) in [6.45, 7) is 13.9. The fourth-order valence-corrected chi connectivity index (χ4v) is 17.0. The van der Waals surface area contributed by atoms with Crippen molar-refractivity contribution in [2.24, 2.45) is 50.2 Å². The number of aliphatic carboxylic acids is 1. The van der Waals surface area contributed by atoms with E-state index in [-0.39, 0.29) is 31.3 Å². The molecule has 5 aliphatic carbocycles. The minimum absolute atomic E-state index is 0.118. The van der Waals surface area contributed by atoms with E-state index in [0.717, 1.165) is 5.57 Å². The molecule has 9 rings (SSSR count). The molecule has 27 heteroatoms. The van der Waals surface area contributed by atoms with Crippen molar-refractivity contribution in [1.29, 1.82) is 0 Å². The molecule has 0 spiro atoms. The van der Waals surface area contributed by atoms with Crippen LogP contribution in [0.5, 0.6) is 0 Å². The summed E-state index contributed by atoms with van der Waals surface area (Å²) in [6.07, 6.45) is -32.7. The molecule has 4 aliphatic heterocycles. The first kappa shape index (κ1) is 67.4. The van der Waals surface area contributed by atoms with Crippen LogP contribution in [0.25, 0.3) is 0 Å². The second kappa shape index (κ2) is 24.9. The van der Waals surface area contributed by atoms with E-state index in [1.807, 2.05) is 20.8 Å². The zero-order valence-electron chi connectivity index (χ0n) is 50.1. The van der Waals surface area contributed by atoms with E-state index in [9.17, 15) is 85.9 Å². The molecular formula is C59H92O27. The van der Waals surface area contributed by atoms with E-state index in [1.54, 1.807) is 19.9 Å². The minimum atomic E-state index is -2.26. The van der Waals surface area contributed by atoms with Crippen LogP contribution in [0.3, 0.4) is 0 Å². The number of carboxylic acid groups (broad SMARTS) is 1. The van der Waals surface area contributed by atoms with Crippen molar-refractivity contribution in [3.05, 3.63) is 23.3 Å². The van der Waals surface area contributed by atoms with Gasteiger partial charge in [0, 0.05) is 23.3 Å². The standard InChI is InChI=1S/C59H92O27/c1-10-24(2)49(76)86-47-46(73)59(23-79-25(3)62)27(17-54(47,4)5)26-11-12-32-55(6)15-14-34(56(7,22-61)31(55)13-16-57(32,8)58(26,9)18-33(59)65)81-53-45(85-51-40(71)38(69)37(68)30(19-60)80-51)42(41(72)43(83-53)48(74)75)82-52-44(36(67)29(64)21-78-52)84-50-39(70)35(66)28(63)20-77-50/h10-11,27-47,50-53,60-61,63-73H,12-23H2,1-9H3,(H,74,75)/t27?,28-,29+,30-,31?,32?,33-,34+,35+,36+,37+,38+,39-,40-,41+,42+,43+,44-,45-,46+,47+,50+,51-,52+,53-,55+,56+,57-,58-,59+/m1/s1. The largest absolute Gasteiger partial charge is 0.479 e. The van der Waals surface area contributed by atoms with Gasteiger partial charge in [-0.1, -0.05) is 59.3 Å². The molecule has 8 fully saturated rings. The number of aliphatic hydroxyl groups is 13. The average molecular weight is 1230 g/mol. The number of hydrogen-bond acceptors (Lipinski definition) is 26. The van der Waals surface area contributed by atoms with Gasteiger partial charge in [-0.25, -0.2) is 9.59 Å². The summed E-state index contributed by atoms with van der Waals surface area (Å²) in [5.41, 5.74) is -4.00. The maximum Gasteiger partial charge on any atom is 0.335 e. The van der Waals surface area contributed by atoms with Gasteiger partial charge < -0.3 is 119 Å². The Morgan fingerprint density at radius 3 is 1.93 bits per heavy atom. The summed E-state index contributed by atoms with van der Waals surface area (Å²) in [4.78, 5) is 39.1. The topological polar surface area (TPSA) is 427 Å². The summed E-state index contributed by atoms with van der Waals surface area (Å²) in [6, 6.07) is 0. The highest BCUT2D eigenvalue weighted by Crippen LogP contribution is 2.76. The third-order valence-corrected chi connectivity index (χ3v) is 22.4. The Bertz CT molecular complexity index is 2510. The predicted molar refractivity (Wildman–Crippen MR) is 290 cm³/mol. The van der Waals surface area contributed by atoms with Crippen molar-refractivity contribution in [2.45, 2.75) is 242 Å². The predicted octanol–water partition coefficient (Wildman–Crippen LogP) is -2.22. The number of allylic oxidation sites excluding steroid dienone is 3. The van der Waals surface area contributed by atoms with Crippen LogP contribution >= 0.6 is 0 Å². The molecule has 14 N–H and O–H groups in total. The van der Waals surface area contributed by atoms with Crippen LogP contribution in [-0.2, 0) is 61.8 Å². The maximum absolute atomic E-state index is 13.4. The fraction of sp³-hybridized carbons (Fsp3) is 0.881. The van der Waals surface area contributed by atoms with E-state index >= 15 is 0 Å². The summed E-state index contributed by atoms with van der Waals surface area (Å²) >= 11 is 0. The van der Waals surface area contributed by atoms with Gasteiger partial charge in [0.1, 0.15) is 98.2 Å². The molecule has 30 atom stereocenters. The maximum atomic E-state index is 13.4. The molecule has 0 aromatic rings. The number of aliphatic hydroxyl groups excluding tert-OH is 13. The monoisotopic (exact) mass is 1230 g/mol. The molecule has 0 aromatic heterocycles.